The van der Waals surface area contributed by atoms with E-state index >= 15 is 0 Å². The molecule has 0 aliphatic heterocycles. The highest BCUT2D eigenvalue weighted by atomic mass is 79.9. The number of unbranched alkanes of at least 4 members (excludes halogenated alkanes) is 2. The Labute approximate surface area is 99.9 Å². The SMILES string of the molecule is Cc1cc(OCCCCCN)ccc1Br. The summed E-state index contributed by atoms with van der Waals surface area (Å²) < 4.78 is 6.75. The Morgan fingerprint density at radius 1 is 1.27 bits per heavy atom. The molecule has 0 heterocycles. The zero-order valence-electron chi connectivity index (χ0n) is 9.13. The summed E-state index contributed by atoms with van der Waals surface area (Å²) in [5.41, 5.74) is 6.62. The van der Waals surface area contributed by atoms with Crippen LogP contribution < -0.4 is 10.5 Å². The van der Waals surface area contributed by atoms with Crippen molar-refractivity contribution >= 4 is 15.9 Å². The second kappa shape index (κ2) is 6.85. The summed E-state index contributed by atoms with van der Waals surface area (Å²) in [6.07, 6.45) is 3.31. The first-order valence-corrected chi connectivity index (χ1v) is 6.12. The quantitative estimate of drug-likeness (QED) is 0.807. The van der Waals surface area contributed by atoms with Crippen molar-refractivity contribution in [1.82, 2.24) is 0 Å². The van der Waals surface area contributed by atoms with Gasteiger partial charge in [0.1, 0.15) is 5.75 Å². The highest BCUT2D eigenvalue weighted by molar-refractivity contribution is 9.10. The minimum absolute atomic E-state index is 0.775. The smallest absolute Gasteiger partial charge is 0.119 e. The van der Waals surface area contributed by atoms with Gasteiger partial charge in [-0.25, -0.2) is 0 Å². The van der Waals surface area contributed by atoms with Gasteiger partial charge in [-0.2, -0.15) is 0 Å². The number of benzene rings is 1. The van der Waals surface area contributed by atoms with Gasteiger partial charge in [0.05, 0.1) is 6.61 Å². The van der Waals surface area contributed by atoms with Crippen molar-refractivity contribution in [1.29, 1.82) is 0 Å². The Kier molecular flexibility index (Phi) is 5.73. The molecule has 1 aromatic carbocycles. The fourth-order valence-corrected chi connectivity index (χ4v) is 1.57. The largest absolute Gasteiger partial charge is 0.494 e. The molecule has 0 atom stereocenters. The molecule has 0 aromatic heterocycles. The van der Waals surface area contributed by atoms with Crippen molar-refractivity contribution in [3.8, 4) is 5.75 Å². The van der Waals surface area contributed by atoms with E-state index < -0.39 is 0 Å². The van der Waals surface area contributed by atoms with E-state index in [9.17, 15) is 0 Å². The molecule has 0 spiro atoms. The molecule has 1 rings (SSSR count). The normalized spacial score (nSPS) is 10.3. The van der Waals surface area contributed by atoms with Crippen molar-refractivity contribution in [2.75, 3.05) is 13.2 Å². The van der Waals surface area contributed by atoms with Crippen LogP contribution in [0.2, 0.25) is 0 Å². The Bertz CT molecular complexity index is 302. The molecule has 3 heteroatoms. The fraction of sp³-hybridized carbons (Fsp3) is 0.500. The number of rotatable bonds is 6. The minimum Gasteiger partial charge on any atom is -0.494 e. The molecule has 0 radical (unpaired) electrons. The maximum Gasteiger partial charge on any atom is 0.119 e. The molecular formula is C12H18BrNO. The lowest BCUT2D eigenvalue weighted by atomic mass is 10.2. The molecule has 0 unspecified atom stereocenters. The van der Waals surface area contributed by atoms with Crippen LogP contribution in [0.1, 0.15) is 24.8 Å². The van der Waals surface area contributed by atoms with Gasteiger partial charge in [-0.15, -0.1) is 0 Å². The Balaban J connectivity index is 2.28. The standard InChI is InChI=1S/C12H18BrNO/c1-10-9-11(5-6-12(10)13)15-8-4-2-3-7-14/h5-6,9H,2-4,7-8,14H2,1H3. The van der Waals surface area contributed by atoms with Crippen LogP contribution in [0.5, 0.6) is 5.75 Å². The Morgan fingerprint density at radius 3 is 2.73 bits per heavy atom. The first kappa shape index (κ1) is 12.5. The van der Waals surface area contributed by atoms with E-state index in [0.29, 0.717) is 0 Å². The van der Waals surface area contributed by atoms with Gasteiger partial charge in [-0.3, -0.25) is 0 Å². The fourth-order valence-electron chi connectivity index (χ4n) is 1.32. The number of nitrogens with two attached hydrogens (primary N) is 1. The van der Waals surface area contributed by atoms with E-state index in [1.54, 1.807) is 0 Å². The summed E-state index contributed by atoms with van der Waals surface area (Å²) in [5, 5.41) is 0. The van der Waals surface area contributed by atoms with Crippen LogP contribution in [-0.2, 0) is 0 Å². The zero-order valence-corrected chi connectivity index (χ0v) is 10.7. The van der Waals surface area contributed by atoms with Crippen molar-refractivity contribution in [3.05, 3.63) is 28.2 Å². The number of aryl methyl sites for hydroxylation is 1. The molecule has 2 N–H and O–H groups in total. The van der Waals surface area contributed by atoms with Crippen LogP contribution in [0.3, 0.4) is 0 Å². The van der Waals surface area contributed by atoms with Crippen molar-refractivity contribution in [2.24, 2.45) is 5.73 Å². The third-order valence-corrected chi connectivity index (χ3v) is 3.14. The van der Waals surface area contributed by atoms with Crippen molar-refractivity contribution < 1.29 is 4.74 Å². The summed E-state index contributed by atoms with van der Waals surface area (Å²) >= 11 is 3.46. The monoisotopic (exact) mass is 271 g/mol. The highest BCUT2D eigenvalue weighted by Gasteiger charge is 1.97. The van der Waals surface area contributed by atoms with Gasteiger partial charge in [0.25, 0.3) is 0 Å². The van der Waals surface area contributed by atoms with Gasteiger partial charge in [0, 0.05) is 4.47 Å². The third kappa shape index (κ3) is 4.67. The summed E-state index contributed by atoms with van der Waals surface area (Å²) in [4.78, 5) is 0. The molecule has 0 aliphatic carbocycles. The van der Waals surface area contributed by atoms with Gasteiger partial charge in [-0.05, 0) is 56.5 Å². The molecular weight excluding hydrogens is 254 g/mol. The van der Waals surface area contributed by atoms with E-state index in [4.69, 9.17) is 10.5 Å². The summed E-state index contributed by atoms with van der Waals surface area (Å²) in [5.74, 6) is 0.948. The molecule has 0 bridgehead atoms. The lowest BCUT2D eigenvalue weighted by Crippen LogP contribution is -2.01. The number of hydrogen-bond acceptors (Lipinski definition) is 2. The van der Waals surface area contributed by atoms with Crippen LogP contribution in [0, 0.1) is 6.92 Å². The molecule has 2 nitrogen and oxygen atoms in total. The molecule has 0 amide bonds. The highest BCUT2D eigenvalue weighted by Crippen LogP contribution is 2.21. The summed E-state index contributed by atoms with van der Waals surface area (Å²) in [7, 11) is 0. The molecule has 0 aliphatic rings. The van der Waals surface area contributed by atoms with Crippen LogP contribution in [0.15, 0.2) is 22.7 Å². The van der Waals surface area contributed by atoms with Gasteiger partial charge >= 0.3 is 0 Å². The molecule has 0 saturated heterocycles. The van der Waals surface area contributed by atoms with Crippen LogP contribution >= 0.6 is 15.9 Å². The molecule has 1 aromatic rings. The predicted molar refractivity (Wildman–Crippen MR) is 67.3 cm³/mol. The number of ether oxygens (including phenoxy) is 1. The number of hydrogen-bond donors (Lipinski definition) is 1. The van der Waals surface area contributed by atoms with Gasteiger partial charge in [-0.1, -0.05) is 15.9 Å². The maximum absolute atomic E-state index is 5.63. The van der Waals surface area contributed by atoms with Crippen molar-refractivity contribution in [3.63, 3.8) is 0 Å². The Morgan fingerprint density at radius 2 is 2.07 bits per heavy atom. The zero-order chi connectivity index (χ0) is 11.1. The maximum atomic E-state index is 5.63. The number of halogens is 1. The molecule has 15 heavy (non-hydrogen) atoms. The average molecular weight is 272 g/mol. The first-order chi connectivity index (χ1) is 7.24. The van der Waals surface area contributed by atoms with E-state index in [1.165, 1.54) is 5.56 Å². The van der Waals surface area contributed by atoms with E-state index in [2.05, 4.69) is 22.9 Å². The van der Waals surface area contributed by atoms with Crippen LogP contribution in [0.4, 0.5) is 0 Å². The van der Waals surface area contributed by atoms with Crippen LogP contribution in [-0.4, -0.2) is 13.2 Å². The summed E-state index contributed by atoms with van der Waals surface area (Å²) in [6.45, 7) is 3.61. The molecule has 84 valence electrons. The van der Waals surface area contributed by atoms with Gasteiger partial charge in [0.15, 0.2) is 0 Å². The van der Waals surface area contributed by atoms with E-state index in [0.717, 1.165) is 42.6 Å². The van der Waals surface area contributed by atoms with Gasteiger partial charge in [0.2, 0.25) is 0 Å². The molecule has 0 fully saturated rings. The second-order valence-electron chi connectivity index (χ2n) is 3.61. The third-order valence-electron chi connectivity index (χ3n) is 2.25. The summed E-state index contributed by atoms with van der Waals surface area (Å²) in [6, 6.07) is 6.05. The van der Waals surface area contributed by atoms with Gasteiger partial charge < -0.3 is 10.5 Å². The topological polar surface area (TPSA) is 35.2 Å². The lowest BCUT2D eigenvalue weighted by Gasteiger charge is -2.07. The molecule has 0 saturated carbocycles. The lowest BCUT2D eigenvalue weighted by molar-refractivity contribution is 0.305. The van der Waals surface area contributed by atoms with E-state index in [-0.39, 0.29) is 0 Å². The average Bonchev–Trinajstić information content (AvgIpc) is 2.23. The second-order valence-corrected chi connectivity index (χ2v) is 4.46. The van der Waals surface area contributed by atoms with Crippen molar-refractivity contribution in [2.45, 2.75) is 26.2 Å². The minimum atomic E-state index is 0.775. The first-order valence-electron chi connectivity index (χ1n) is 5.33. The van der Waals surface area contributed by atoms with Crippen LogP contribution in [0.25, 0.3) is 0 Å². The predicted octanol–water partition coefficient (Wildman–Crippen LogP) is 3.27. The Hall–Kier alpha value is -0.540. The van der Waals surface area contributed by atoms with E-state index in [1.807, 2.05) is 18.2 Å².